The summed E-state index contributed by atoms with van der Waals surface area (Å²) < 4.78 is 15.0. The molecular formula is C28H19FeNO3PS-. The van der Waals surface area contributed by atoms with Crippen LogP contribution in [0.4, 0.5) is 0 Å². The number of benzene rings is 4. The van der Waals surface area contributed by atoms with Crippen LogP contribution >= 0.6 is 7.92 Å². The maximum Gasteiger partial charge on any atom is 2.00 e. The van der Waals surface area contributed by atoms with Gasteiger partial charge in [-0.15, -0.1) is 23.0 Å². The largest absolute Gasteiger partial charge is 2.00 e. The van der Waals surface area contributed by atoms with Crippen LogP contribution < -0.4 is 15.9 Å². The molecule has 0 unspecified atom stereocenters. The Morgan fingerprint density at radius 3 is 1.31 bits per heavy atom. The minimum absolute atomic E-state index is 0. The standard InChI is InChI=1S/C19H14OP.C6H6S.CN.2CO.Fe/c20-15-16-9-7-8-14-19(16)21(17-10-3-1-4-11-17)18-12-5-2-6-13-18;7-6-4-2-1-3-5-6;3*1-2;/h1-14H;1-5,7H;;;;/q-1;;-1;;;+2/p-1. The Kier molecular flexibility index (Phi) is 21.7. The van der Waals surface area contributed by atoms with Gasteiger partial charge in [0.2, 0.25) is 0 Å². The molecule has 0 radical (unpaired) electrons. The van der Waals surface area contributed by atoms with Crippen molar-refractivity contribution < 1.29 is 31.2 Å². The molecule has 0 aliphatic carbocycles. The number of carbonyl (C=O) groups excluding carboxylic acids is 1. The van der Waals surface area contributed by atoms with E-state index in [1.807, 2.05) is 91.0 Å². The summed E-state index contributed by atoms with van der Waals surface area (Å²) in [6.45, 7) is 13.8. The molecule has 0 aromatic heterocycles. The van der Waals surface area contributed by atoms with Crippen LogP contribution in [-0.2, 0) is 43.8 Å². The van der Waals surface area contributed by atoms with Crippen LogP contribution in [0.25, 0.3) is 0 Å². The van der Waals surface area contributed by atoms with Crippen LogP contribution in [0, 0.1) is 25.1 Å². The molecule has 0 amide bonds. The van der Waals surface area contributed by atoms with E-state index in [-0.39, 0.29) is 17.1 Å². The number of nitrogens with zero attached hydrogens (tertiary/aromatic N) is 1. The first kappa shape index (κ1) is 33.9. The monoisotopic (exact) mass is 536 g/mol. The summed E-state index contributed by atoms with van der Waals surface area (Å²) in [5.41, 5.74) is 0.649. The fourth-order valence-corrected chi connectivity index (χ4v) is 5.31. The minimum Gasteiger partial charge on any atom is -0.780 e. The summed E-state index contributed by atoms with van der Waals surface area (Å²) in [4.78, 5) is 12.2. The molecule has 0 saturated heterocycles. The number of hydrogen-bond acceptors (Lipinski definition) is 3. The summed E-state index contributed by atoms with van der Waals surface area (Å²) in [5, 5.41) is 9.78. The molecule has 4 rings (SSSR count). The molecule has 4 aromatic rings. The van der Waals surface area contributed by atoms with E-state index in [1.54, 1.807) is 0 Å². The van der Waals surface area contributed by atoms with Gasteiger partial charge in [0.25, 0.3) is 0 Å². The third-order valence-electron chi connectivity index (χ3n) is 4.03. The predicted octanol–water partition coefficient (Wildman–Crippen LogP) is 4.51. The Morgan fingerprint density at radius 2 is 0.971 bits per heavy atom. The van der Waals surface area contributed by atoms with Crippen molar-refractivity contribution in [1.82, 2.24) is 0 Å². The number of hydrogen-bond donors (Lipinski definition) is 0. The van der Waals surface area contributed by atoms with Crippen LogP contribution in [-0.4, -0.2) is 6.29 Å². The molecule has 0 aliphatic heterocycles. The van der Waals surface area contributed by atoms with E-state index in [4.69, 9.17) is 33.8 Å². The van der Waals surface area contributed by atoms with Gasteiger partial charge in [-0.05, 0) is 10.6 Å². The molecule has 0 fully saturated rings. The Balaban J connectivity index is 0. The van der Waals surface area contributed by atoms with Gasteiger partial charge in [0, 0.05) is 0 Å². The zero-order valence-electron chi connectivity index (χ0n) is 18.4. The summed E-state index contributed by atoms with van der Waals surface area (Å²) in [6, 6.07) is 38.1. The first-order chi connectivity index (χ1) is 16.8. The molecule has 4 nitrogen and oxygen atoms in total. The molecule has 0 heterocycles. The van der Waals surface area contributed by atoms with Crippen LogP contribution in [0.1, 0.15) is 5.56 Å². The van der Waals surface area contributed by atoms with Crippen LogP contribution in [0.3, 0.4) is 0 Å². The molecule has 0 saturated carbocycles. The predicted molar refractivity (Wildman–Crippen MR) is 135 cm³/mol. The van der Waals surface area contributed by atoms with Crippen LogP contribution in [0.15, 0.2) is 120 Å². The normalized spacial score (nSPS) is 8.20. The molecule has 35 heavy (non-hydrogen) atoms. The Labute approximate surface area is 224 Å². The molecular weight excluding hydrogens is 517 g/mol. The van der Waals surface area contributed by atoms with Crippen molar-refractivity contribution in [3.63, 3.8) is 0 Å². The summed E-state index contributed by atoms with van der Waals surface area (Å²) in [6.07, 6.45) is 2.08. The van der Waals surface area contributed by atoms with Crippen molar-refractivity contribution in [1.29, 1.82) is 5.26 Å². The first-order valence-electron chi connectivity index (χ1n) is 9.52. The zero-order chi connectivity index (χ0) is 25.6. The van der Waals surface area contributed by atoms with Gasteiger partial charge in [-0.1, -0.05) is 105 Å². The smallest absolute Gasteiger partial charge is 0.780 e. The number of rotatable bonds is 4. The third kappa shape index (κ3) is 12.1. The maximum atomic E-state index is 11.3. The van der Waals surface area contributed by atoms with Gasteiger partial charge in [0.1, 0.15) is 0 Å². The van der Waals surface area contributed by atoms with Crippen LogP contribution in [0.5, 0.6) is 0 Å². The van der Waals surface area contributed by atoms with E-state index < -0.39 is 7.92 Å². The van der Waals surface area contributed by atoms with Gasteiger partial charge in [0.05, 0.1) is 6.29 Å². The van der Waals surface area contributed by atoms with Gasteiger partial charge in [0.15, 0.2) is 0 Å². The summed E-state index contributed by atoms with van der Waals surface area (Å²) in [5.74, 6) is 0. The van der Waals surface area contributed by atoms with E-state index in [9.17, 15) is 4.79 Å². The maximum absolute atomic E-state index is 11.3. The quantitative estimate of drug-likeness (QED) is 0.127. The molecule has 174 valence electrons. The van der Waals surface area contributed by atoms with Gasteiger partial charge in [-0.2, -0.15) is 11.0 Å². The van der Waals surface area contributed by atoms with E-state index in [1.165, 1.54) is 10.6 Å². The van der Waals surface area contributed by atoms with Crippen molar-refractivity contribution in [3.8, 4) is 0 Å². The summed E-state index contributed by atoms with van der Waals surface area (Å²) in [7, 11) is -0.735. The zero-order valence-corrected chi connectivity index (χ0v) is 21.2. The second-order valence-corrected chi connectivity index (χ2v) is 8.60. The topological polar surface area (TPSA) is 80.7 Å². The van der Waals surface area contributed by atoms with Gasteiger partial charge in [-0.3, -0.25) is 0 Å². The van der Waals surface area contributed by atoms with Crippen molar-refractivity contribution >= 4 is 42.8 Å². The van der Waals surface area contributed by atoms with Crippen LogP contribution in [0.2, 0.25) is 0 Å². The van der Waals surface area contributed by atoms with E-state index in [2.05, 4.69) is 43.9 Å². The van der Waals surface area contributed by atoms with Crippen molar-refractivity contribution in [2.45, 2.75) is 4.90 Å². The van der Waals surface area contributed by atoms with Crippen molar-refractivity contribution in [3.05, 3.63) is 141 Å². The van der Waals surface area contributed by atoms with Crippen molar-refractivity contribution in [2.75, 3.05) is 0 Å². The Morgan fingerprint density at radius 1 is 0.629 bits per heavy atom. The molecule has 0 aliphatic rings. The molecule has 7 heteroatoms. The van der Waals surface area contributed by atoms with E-state index in [0.29, 0.717) is 5.56 Å². The average molecular weight is 536 g/mol. The first-order valence-corrected chi connectivity index (χ1v) is 11.3. The summed E-state index contributed by atoms with van der Waals surface area (Å²) >= 11 is 4.81. The Bertz CT molecular complexity index is 1080. The van der Waals surface area contributed by atoms with E-state index in [0.717, 1.165) is 10.2 Å². The molecule has 0 spiro atoms. The van der Waals surface area contributed by atoms with Gasteiger partial charge in [-0.25, -0.2) is 0 Å². The molecule has 4 aromatic carbocycles. The SMILES string of the molecule is O=[C-]c1ccccc1P(c1ccccc1)c1ccccc1.[C-]#N.[C-]#[O+].[C-]#[O+].[Fe+2].[S-]c1ccccc1. The molecule has 0 atom stereocenters. The van der Waals surface area contributed by atoms with E-state index >= 15 is 0 Å². The fourth-order valence-electron chi connectivity index (χ4n) is 2.76. The van der Waals surface area contributed by atoms with Crippen molar-refractivity contribution in [2.24, 2.45) is 0 Å². The molecule has 0 bridgehead atoms. The van der Waals surface area contributed by atoms with Gasteiger partial charge < -0.3 is 29.3 Å². The fraction of sp³-hybridized carbons (Fsp3) is 0. The third-order valence-corrected chi connectivity index (χ3v) is 6.80. The molecule has 0 N–H and O–H groups in total. The average Bonchev–Trinajstić information content (AvgIpc) is 2.94. The second kappa shape index (κ2) is 22.5. The minimum atomic E-state index is -0.735. The second-order valence-electron chi connectivity index (χ2n) is 5.94. The Hall–Kier alpha value is -3.31. The van der Waals surface area contributed by atoms with Gasteiger partial charge >= 0.3 is 39.7 Å².